The Morgan fingerprint density at radius 2 is 1.16 bits per heavy atom. The summed E-state index contributed by atoms with van der Waals surface area (Å²) in [4.78, 5) is 0. The van der Waals surface area contributed by atoms with Crippen LogP contribution in [0, 0.1) is 6.92 Å². The van der Waals surface area contributed by atoms with Crippen molar-refractivity contribution in [3.05, 3.63) is 126 Å². The highest BCUT2D eigenvalue weighted by Crippen LogP contribution is 2.20. The van der Waals surface area contributed by atoms with Crippen LogP contribution in [0.4, 0.5) is 0 Å². The van der Waals surface area contributed by atoms with Crippen molar-refractivity contribution in [3.8, 4) is 0 Å². The van der Waals surface area contributed by atoms with E-state index in [1.54, 1.807) is 15.6 Å². The molecule has 31 heavy (non-hydrogen) atoms. The van der Waals surface area contributed by atoms with Crippen LogP contribution in [0.2, 0.25) is 5.16 Å². The number of hydrogen-bond acceptors (Lipinski definition) is 0. The summed E-state index contributed by atoms with van der Waals surface area (Å²) >= 11 is 0. The quantitative estimate of drug-likeness (QED) is 0.345. The first-order valence-corrected chi connectivity index (χ1v) is 14.8. The molecule has 0 aliphatic carbocycles. The summed E-state index contributed by atoms with van der Waals surface area (Å²) in [6.45, 7) is 2.25. The molecular formula is C29H32Si2. The van der Waals surface area contributed by atoms with Gasteiger partial charge in [0.1, 0.15) is 8.80 Å². The number of hydrogen-bond donors (Lipinski definition) is 0. The maximum absolute atomic E-state index is 2.39. The van der Waals surface area contributed by atoms with Crippen molar-refractivity contribution in [3.63, 3.8) is 0 Å². The molecule has 0 nitrogen and oxygen atoms in total. The largest absolute Gasteiger partial charge is 0.103 e. The summed E-state index contributed by atoms with van der Waals surface area (Å²) < 4.78 is 0. The molecule has 0 radical (unpaired) electrons. The fourth-order valence-electron chi connectivity index (χ4n) is 4.81. The standard InChI is InChI=1S/C29H32Si2/c1-24-14-11-12-15-25(24)16-13-23-29(30-26-17-5-2-6-18-26)31(27-19-7-3-8-20-27)28-21-9-4-10-22-28/h2-12,14-15,17-22,29,31H,13,16,23,30H2,1H3. The third-order valence-electron chi connectivity index (χ3n) is 6.41. The summed E-state index contributed by atoms with van der Waals surface area (Å²) in [5, 5.41) is 5.63. The van der Waals surface area contributed by atoms with Crippen LogP contribution in [-0.4, -0.2) is 18.3 Å². The van der Waals surface area contributed by atoms with E-state index in [0.717, 1.165) is 5.16 Å². The Hall–Kier alpha value is -2.69. The van der Waals surface area contributed by atoms with E-state index >= 15 is 0 Å². The molecule has 0 amide bonds. The van der Waals surface area contributed by atoms with Gasteiger partial charge in [0, 0.05) is 0 Å². The smallest absolute Gasteiger partial charge is 0.0669 e. The first kappa shape index (κ1) is 21.5. The molecule has 0 aliphatic rings. The number of aryl methyl sites for hydroxylation is 2. The highest BCUT2D eigenvalue weighted by molar-refractivity contribution is 6.93. The molecule has 0 fully saturated rings. The summed E-state index contributed by atoms with van der Waals surface area (Å²) in [5.41, 5.74) is 2.94. The lowest BCUT2D eigenvalue weighted by Crippen LogP contribution is -2.49. The van der Waals surface area contributed by atoms with Crippen molar-refractivity contribution in [1.29, 1.82) is 0 Å². The van der Waals surface area contributed by atoms with Gasteiger partial charge in [-0.1, -0.05) is 137 Å². The van der Waals surface area contributed by atoms with Crippen molar-refractivity contribution in [2.24, 2.45) is 0 Å². The molecular weight excluding hydrogens is 404 g/mol. The molecule has 156 valence electrons. The SMILES string of the molecule is Cc1ccccc1CCCC([SiH2]c1ccccc1)[SiH](c1ccccc1)c1ccccc1. The lowest BCUT2D eigenvalue weighted by Gasteiger charge is -2.27. The van der Waals surface area contributed by atoms with E-state index in [2.05, 4.69) is 122 Å². The van der Waals surface area contributed by atoms with E-state index in [-0.39, 0.29) is 9.52 Å². The van der Waals surface area contributed by atoms with Gasteiger partial charge in [-0.05, 0) is 36.1 Å². The highest BCUT2D eigenvalue weighted by Gasteiger charge is 2.27. The topological polar surface area (TPSA) is 0 Å². The summed E-state index contributed by atoms with van der Waals surface area (Å²) in [6, 6.07) is 43.0. The molecule has 4 aromatic carbocycles. The van der Waals surface area contributed by atoms with E-state index in [9.17, 15) is 0 Å². The molecule has 0 bridgehead atoms. The van der Waals surface area contributed by atoms with Crippen molar-refractivity contribution < 1.29 is 0 Å². The van der Waals surface area contributed by atoms with Gasteiger partial charge in [-0.15, -0.1) is 0 Å². The van der Waals surface area contributed by atoms with Crippen LogP contribution >= 0.6 is 0 Å². The van der Waals surface area contributed by atoms with Crippen LogP contribution in [0.25, 0.3) is 0 Å². The molecule has 2 heteroatoms. The van der Waals surface area contributed by atoms with E-state index < -0.39 is 8.80 Å². The summed E-state index contributed by atoms with van der Waals surface area (Å²) in [6.07, 6.45) is 3.80. The molecule has 0 heterocycles. The van der Waals surface area contributed by atoms with Crippen molar-refractivity contribution >= 4 is 33.9 Å². The first-order valence-electron chi connectivity index (χ1n) is 11.5. The average molecular weight is 437 g/mol. The molecule has 4 rings (SSSR count). The molecule has 4 aromatic rings. The van der Waals surface area contributed by atoms with Crippen molar-refractivity contribution in [1.82, 2.24) is 0 Å². The Morgan fingerprint density at radius 3 is 1.74 bits per heavy atom. The molecule has 0 aliphatic heterocycles. The lowest BCUT2D eigenvalue weighted by atomic mass is 10.0. The lowest BCUT2D eigenvalue weighted by molar-refractivity contribution is 0.763. The Labute approximate surface area is 191 Å². The zero-order valence-corrected chi connectivity index (χ0v) is 21.0. The monoisotopic (exact) mass is 436 g/mol. The normalized spacial score (nSPS) is 12.5. The van der Waals surface area contributed by atoms with Crippen molar-refractivity contribution in [2.75, 3.05) is 0 Å². The van der Waals surface area contributed by atoms with Gasteiger partial charge in [0.15, 0.2) is 0 Å². The Balaban J connectivity index is 1.62. The van der Waals surface area contributed by atoms with Gasteiger partial charge < -0.3 is 0 Å². The second-order valence-corrected chi connectivity index (χ2v) is 15.0. The van der Waals surface area contributed by atoms with Gasteiger partial charge in [-0.3, -0.25) is 0 Å². The molecule has 0 aromatic heterocycles. The minimum atomic E-state index is -1.31. The highest BCUT2D eigenvalue weighted by atomic mass is 28.3. The van der Waals surface area contributed by atoms with Gasteiger partial charge in [0.25, 0.3) is 0 Å². The van der Waals surface area contributed by atoms with Gasteiger partial charge in [0.2, 0.25) is 0 Å². The van der Waals surface area contributed by atoms with Crippen LogP contribution in [0.3, 0.4) is 0 Å². The van der Waals surface area contributed by atoms with E-state index in [1.807, 2.05) is 0 Å². The summed E-state index contributed by atoms with van der Waals surface area (Å²) in [5.74, 6) is 0. The molecule has 0 saturated carbocycles. The molecule has 0 saturated heterocycles. The van der Waals surface area contributed by atoms with Gasteiger partial charge >= 0.3 is 0 Å². The van der Waals surface area contributed by atoms with E-state index in [1.165, 1.54) is 30.4 Å². The van der Waals surface area contributed by atoms with Crippen LogP contribution in [-0.2, 0) is 6.42 Å². The van der Waals surface area contributed by atoms with Gasteiger partial charge in [0.05, 0.1) is 9.52 Å². The Bertz CT molecular complexity index is 1010. The summed E-state index contributed by atoms with van der Waals surface area (Å²) in [7, 11) is -1.69. The predicted molar refractivity (Wildman–Crippen MR) is 142 cm³/mol. The van der Waals surface area contributed by atoms with Crippen LogP contribution in [0.15, 0.2) is 115 Å². The third kappa shape index (κ3) is 5.93. The second-order valence-electron chi connectivity index (χ2n) is 8.57. The number of rotatable bonds is 9. The van der Waals surface area contributed by atoms with Crippen LogP contribution < -0.4 is 15.6 Å². The molecule has 0 spiro atoms. The second kappa shape index (κ2) is 11.1. The van der Waals surface area contributed by atoms with E-state index in [4.69, 9.17) is 0 Å². The Kier molecular flexibility index (Phi) is 7.70. The zero-order valence-electron chi connectivity index (χ0n) is 18.5. The first-order chi connectivity index (χ1) is 15.3. The third-order valence-corrected chi connectivity index (χ3v) is 13.9. The van der Waals surface area contributed by atoms with Gasteiger partial charge in [-0.2, -0.15) is 0 Å². The average Bonchev–Trinajstić information content (AvgIpc) is 2.82. The fraction of sp³-hybridized carbons (Fsp3) is 0.172. The van der Waals surface area contributed by atoms with Crippen LogP contribution in [0.1, 0.15) is 24.0 Å². The minimum Gasteiger partial charge on any atom is -0.0669 e. The Morgan fingerprint density at radius 1 is 0.645 bits per heavy atom. The molecule has 1 unspecified atom stereocenters. The number of benzene rings is 4. The van der Waals surface area contributed by atoms with Crippen LogP contribution in [0.5, 0.6) is 0 Å². The zero-order chi connectivity index (χ0) is 21.3. The maximum atomic E-state index is 2.39. The van der Waals surface area contributed by atoms with E-state index in [0.29, 0.717) is 0 Å². The minimum absolute atomic E-state index is 0.381. The van der Waals surface area contributed by atoms with Crippen molar-refractivity contribution in [2.45, 2.75) is 31.4 Å². The fourth-order valence-corrected chi connectivity index (χ4v) is 13.2. The molecule has 1 atom stereocenters. The maximum Gasteiger partial charge on any atom is 0.103 e. The van der Waals surface area contributed by atoms with Gasteiger partial charge in [-0.25, -0.2) is 0 Å². The molecule has 0 N–H and O–H groups in total. The predicted octanol–water partition coefficient (Wildman–Crippen LogP) is 4.18.